The van der Waals surface area contributed by atoms with Gasteiger partial charge in [0, 0.05) is 48.7 Å². The van der Waals surface area contributed by atoms with Crippen molar-refractivity contribution in [1.29, 1.82) is 10.5 Å². The van der Waals surface area contributed by atoms with Crippen molar-refractivity contribution in [1.82, 2.24) is 49.7 Å². The third kappa shape index (κ3) is 8.60. The van der Waals surface area contributed by atoms with Crippen LogP contribution in [0.1, 0.15) is 69.4 Å². The molecule has 0 saturated heterocycles. The Balaban J connectivity index is 0.000000191. The Labute approximate surface area is 363 Å². The minimum absolute atomic E-state index is 0.0612. The number of nitrogens with zero attached hydrogens (tertiary/aromatic N) is 10. The first-order chi connectivity index (χ1) is 30.8. The van der Waals surface area contributed by atoms with E-state index in [1.807, 2.05) is 26.0 Å². The number of hydrogen-bond donors (Lipinski definition) is 6. The molecule has 320 valence electrons. The van der Waals surface area contributed by atoms with Crippen LogP contribution in [-0.2, 0) is 0 Å². The molecule has 20 heteroatoms. The Morgan fingerprint density at radius 3 is 1.41 bits per heavy atom. The van der Waals surface area contributed by atoms with Crippen molar-refractivity contribution in [2.75, 3.05) is 36.2 Å². The average molecular weight is 861 g/mol. The Kier molecular flexibility index (Phi) is 12.3. The lowest BCUT2D eigenvalue weighted by Gasteiger charge is -2.18. The van der Waals surface area contributed by atoms with Gasteiger partial charge in [-0.05, 0) is 74.5 Å². The predicted octanol–water partition coefficient (Wildman–Crippen LogP) is 5.88. The maximum atomic E-state index is 14.1. The van der Waals surface area contributed by atoms with Crippen molar-refractivity contribution >= 4 is 57.2 Å². The van der Waals surface area contributed by atoms with Crippen LogP contribution >= 0.6 is 0 Å². The second kappa shape index (κ2) is 18.3. The summed E-state index contributed by atoms with van der Waals surface area (Å²) in [6.07, 6.45) is 2.52. The largest absolute Gasteiger partial charge is 0.382 e. The molecule has 0 aliphatic heterocycles. The molecule has 0 aliphatic rings. The van der Waals surface area contributed by atoms with Crippen LogP contribution in [0.3, 0.4) is 0 Å². The predicted molar refractivity (Wildman–Crippen MR) is 235 cm³/mol. The van der Waals surface area contributed by atoms with Gasteiger partial charge in [-0.2, -0.15) is 10.5 Å². The normalized spacial score (nSPS) is 11.7. The molecule has 4 heterocycles. The molecule has 2 atom stereocenters. The fourth-order valence-electron chi connectivity index (χ4n) is 6.90. The Morgan fingerprint density at radius 1 is 0.625 bits per heavy atom. The van der Waals surface area contributed by atoms with Gasteiger partial charge in [-0.25, -0.2) is 38.7 Å². The van der Waals surface area contributed by atoms with Gasteiger partial charge in [-0.3, -0.25) is 18.7 Å². The van der Waals surface area contributed by atoms with Gasteiger partial charge in [0.15, 0.2) is 0 Å². The third-order valence-corrected chi connectivity index (χ3v) is 9.93. The van der Waals surface area contributed by atoms with E-state index in [0.29, 0.717) is 56.2 Å². The first kappa shape index (κ1) is 43.1. The van der Waals surface area contributed by atoms with E-state index in [1.54, 1.807) is 83.9 Å². The molecule has 8 rings (SSSR count). The van der Waals surface area contributed by atoms with Crippen molar-refractivity contribution in [2.24, 2.45) is 0 Å². The second-order valence-corrected chi connectivity index (χ2v) is 14.1. The number of nitrogens with one attached hydrogen (secondary N) is 4. The first-order valence-corrected chi connectivity index (χ1v) is 19.4. The van der Waals surface area contributed by atoms with Crippen LogP contribution in [0.5, 0.6) is 0 Å². The van der Waals surface area contributed by atoms with Gasteiger partial charge in [0.05, 0.1) is 34.2 Å². The molecule has 8 aromatic rings. The number of rotatable bonds is 10. The number of carbonyl (C=O) groups excluding carboxylic acids is 2. The van der Waals surface area contributed by atoms with Crippen LogP contribution in [0.4, 0.5) is 32.1 Å². The summed E-state index contributed by atoms with van der Waals surface area (Å²) in [6, 6.07) is 25.5. The minimum Gasteiger partial charge on any atom is -0.382 e. The van der Waals surface area contributed by atoms with Crippen LogP contribution in [0.25, 0.3) is 33.4 Å². The Hall–Kier alpha value is -9.04. The fraction of sp³-hybridized carbons (Fsp3) is 0.136. The van der Waals surface area contributed by atoms with Crippen molar-refractivity contribution in [3.8, 4) is 23.5 Å². The topological polar surface area (TPSA) is 269 Å². The maximum absolute atomic E-state index is 14.1. The van der Waals surface area contributed by atoms with Crippen molar-refractivity contribution < 1.29 is 18.4 Å². The molecular weight excluding hydrogens is 823 g/mol. The Morgan fingerprint density at radius 2 is 1.03 bits per heavy atom. The molecular formula is C44H38F2N16O2. The van der Waals surface area contributed by atoms with Gasteiger partial charge in [0.2, 0.25) is 0 Å². The number of amides is 2. The number of anilines is 4. The van der Waals surface area contributed by atoms with Gasteiger partial charge < -0.3 is 32.7 Å². The number of benzene rings is 4. The number of nitrogen functional groups attached to an aromatic ring is 2. The number of halogens is 2. The molecule has 4 aromatic carbocycles. The number of fused-ring (bicyclic) bond motifs is 2. The van der Waals surface area contributed by atoms with Crippen LogP contribution in [0.2, 0.25) is 0 Å². The molecule has 0 fully saturated rings. The fourth-order valence-corrected chi connectivity index (χ4v) is 6.90. The molecule has 4 aromatic heterocycles. The molecule has 0 unspecified atom stereocenters. The van der Waals surface area contributed by atoms with Crippen LogP contribution < -0.4 is 32.7 Å². The molecule has 0 bridgehead atoms. The van der Waals surface area contributed by atoms with Crippen molar-refractivity contribution in [3.05, 3.63) is 143 Å². The summed E-state index contributed by atoms with van der Waals surface area (Å²) in [5.41, 5.74) is 16.2. The highest BCUT2D eigenvalue weighted by molar-refractivity contribution is 5.95. The van der Waals surface area contributed by atoms with Gasteiger partial charge >= 0.3 is 0 Å². The summed E-state index contributed by atoms with van der Waals surface area (Å²) in [5.74, 6) is 0.383. The van der Waals surface area contributed by atoms with Gasteiger partial charge in [-0.15, -0.1) is 0 Å². The lowest BCUT2D eigenvalue weighted by Crippen LogP contribution is -2.18. The van der Waals surface area contributed by atoms with E-state index in [9.17, 15) is 28.9 Å². The van der Waals surface area contributed by atoms with E-state index >= 15 is 0 Å². The second-order valence-electron chi connectivity index (χ2n) is 14.1. The third-order valence-electron chi connectivity index (χ3n) is 9.93. The number of carbonyl (C=O) groups is 2. The average Bonchev–Trinajstić information content (AvgIpc) is 3.87. The zero-order valence-electron chi connectivity index (χ0n) is 34.6. The van der Waals surface area contributed by atoms with E-state index in [4.69, 9.17) is 11.5 Å². The highest BCUT2D eigenvalue weighted by Crippen LogP contribution is 2.31. The van der Waals surface area contributed by atoms with E-state index in [2.05, 4.69) is 51.2 Å². The SMILES string of the molecule is CNC(=O)c1cccc(-n2c([C@@H](C)Nc3ncnc(N)c3C#N)nc3ccc(F)cc32)c1.CNC(=O)c1cccc(-n2c([C@H](C)Nc3ncnc(N)c3C#N)nc3ccc(F)cc32)c1. The monoisotopic (exact) mass is 860 g/mol. The summed E-state index contributed by atoms with van der Waals surface area (Å²) >= 11 is 0. The smallest absolute Gasteiger partial charge is 0.251 e. The molecule has 0 radical (unpaired) electrons. The van der Waals surface area contributed by atoms with Crippen molar-refractivity contribution in [2.45, 2.75) is 25.9 Å². The van der Waals surface area contributed by atoms with Crippen LogP contribution in [-0.4, -0.2) is 64.9 Å². The lowest BCUT2D eigenvalue weighted by atomic mass is 10.1. The van der Waals surface area contributed by atoms with E-state index in [0.717, 1.165) is 0 Å². The Bertz CT molecular complexity index is 2960. The number of nitriles is 2. The number of hydrogen-bond acceptors (Lipinski definition) is 14. The number of nitrogens with two attached hydrogens (primary N) is 2. The van der Waals surface area contributed by atoms with Gasteiger partial charge in [-0.1, -0.05) is 12.1 Å². The van der Waals surface area contributed by atoms with Crippen molar-refractivity contribution in [3.63, 3.8) is 0 Å². The standard InChI is InChI=1S/2C22H19FN8O/c2*1-12(29-20-16(10-24)19(25)27-11-28-20)21-30-17-7-6-14(23)9-18(17)31(21)15-5-3-4-13(8-15)22(32)26-2/h2*3-9,11-12H,1-2H3,(H,26,32)(H3,25,27,28,29)/t2*12-/m10/s1. The van der Waals surface area contributed by atoms with E-state index in [-0.39, 0.29) is 46.2 Å². The summed E-state index contributed by atoms with van der Waals surface area (Å²) < 4.78 is 31.7. The maximum Gasteiger partial charge on any atom is 0.251 e. The molecule has 2 amide bonds. The molecule has 0 aliphatic carbocycles. The number of aromatic nitrogens is 8. The summed E-state index contributed by atoms with van der Waals surface area (Å²) in [5, 5.41) is 30.3. The van der Waals surface area contributed by atoms with E-state index < -0.39 is 23.7 Å². The summed E-state index contributed by atoms with van der Waals surface area (Å²) in [7, 11) is 3.10. The van der Waals surface area contributed by atoms with Crippen LogP contribution in [0.15, 0.2) is 97.6 Å². The summed E-state index contributed by atoms with van der Waals surface area (Å²) in [4.78, 5) is 49.6. The lowest BCUT2D eigenvalue weighted by molar-refractivity contribution is 0.0955. The number of imidazole rings is 2. The molecule has 18 nitrogen and oxygen atoms in total. The van der Waals surface area contributed by atoms with Crippen LogP contribution in [0, 0.1) is 34.3 Å². The first-order valence-electron chi connectivity index (χ1n) is 19.4. The zero-order chi connectivity index (χ0) is 45.7. The molecule has 0 spiro atoms. The van der Waals surface area contributed by atoms with E-state index in [1.165, 1.54) is 36.9 Å². The summed E-state index contributed by atoms with van der Waals surface area (Å²) in [6.45, 7) is 3.66. The highest BCUT2D eigenvalue weighted by Gasteiger charge is 2.23. The minimum atomic E-state index is -0.462. The molecule has 64 heavy (non-hydrogen) atoms. The zero-order valence-corrected chi connectivity index (χ0v) is 34.6. The molecule has 0 saturated carbocycles. The highest BCUT2D eigenvalue weighted by atomic mass is 19.1. The molecule has 8 N–H and O–H groups in total. The van der Waals surface area contributed by atoms with Gasteiger partial charge in [0.1, 0.15) is 82.5 Å². The van der Waals surface area contributed by atoms with Gasteiger partial charge in [0.25, 0.3) is 11.8 Å². The quantitative estimate of drug-likeness (QED) is 0.0938.